The highest BCUT2D eigenvalue weighted by Gasteiger charge is 2.03. The van der Waals surface area contributed by atoms with Crippen LogP contribution in [-0.2, 0) is 4.74 Å². The van der Waals surface area contributed by atoms with E-state index in [1.807, 2.05) is 6.26 Å². The first-order valence-electron chi connectivity index (χ1n) is 3.73. The normalized spacial score (nSPS) is 10.1. The van der Waals surface area contributed by atoms with Crippen LogP contribution in [0.1, 0.15) is 0 Å². The van der Waals surface area contributed by atoms with Gasteiger partial charge in [-0.3, -0.25) is 0 Å². The van der Waals surface area contributed by atoms with Crippen molar-refractivity contribution in [1.29, 1.82) is 0 Å². The zero-order valence-corrected chi connectivity index (χ0v) is 8.36. The van der Waals surface area contributed by atoms with Crippen LogP contribution in [0.3, 0.4) is 0 Å². The first kappa shape index (κ1) is 10.3. The molecule has 0 fully saturated rings. The van der Waals surface area contributed by atoms with Crippen LogP contribution in [0, 0.1) is 5.82 Å². The van der Waals surface area contributed by atoms with E-state index in [0.29, 0.717) is 5.75 Å². The Morgan fingerprint density at radius 1 is 1.46 bits per heavy atom. The second kappa shape index (κ2) is 5.09. The van der Waals surface area contributed by atoms with Crippen LogP contribution in [0.4, 0.5) is 4.39 Å². The van der Waals surface area contributed by atoms with Crippen molar-refractivity contribution in [3.8, 4) is 5.75 Å². The lowest BCUT2D eigenvalue weighted by Gasteiger charge is -2.08. The van der Waals surface area contributed by atoms with Crippen molar-refractivity contribution < 1.29 is 13.9 Å². The van der Waals surface area contributed by atoms with Gasteiger partial charge >= 0.3 is 0 Å². The Hall–Kier alpha value is -0.740. The van der Waals surface area contributed by atoms with Crippen LogP contribution >= 0.6 is 11.8 Å². The third-order valence-electron chi connectivity index (χ3n) is 1.46. The number of benzene rings is 1. The third-order valence-corrected chi connectivity index (χ3v) is 2.22. The summed E-state index contributed by atoms with van der Waals surface area (Å²) in [5.41, 5.74) is 0. The quantitative estimate of drug-likeness (QED) is 0.552. The van der Waals surface area contributed by atoms with Gasteiger partial charge in [0.2, 0.25) is 0 Å². The van der Waals surface area contributed by atoms with Gasteiger partial charge in [-0.25, -0.2) is 4.39 Å². The van der Waals surface area contributed by atoms with Crippen LogP contribution in [0.2, 0.25) is 0 Å². The number of halogens is 1. The highest BCUT2D eigenvalue weighted by atomic mass is 32.2. The molecule has 0 bridgehead atoms. The average molecular weight is 202 g/mol. The topological polar surface area (TPSA) is 18.5 Å². The van der Waals surface area contributed by atoms with Crippen LogP contribution in [0.5, 0.6) is 5.75 Å². The van der Waals surface area contributed by atoms with Crippen molar-refractivity contribution in [3.05, 3.63) is 24.0 Å². The Morgan fingerprint density at radius 2 is 2.23 bits per heavy atom. The summed E-state index contributed by atoms with van der Waals surface area (Å²) < 4.78 is 22.7. The zero-order valence-electron chi connectivity index (χ0n) is 7.54. The van der Waals surface area contributed by atoms with Crippen molar-refractivity contribution in [1.82, 2.24) is 0 Å². The molecule has 0 heterocycles. The number of thioether (sulfide) groups is 1. The van der Waals surface area contributed by atoms with Crippen molar-refractivity contribution in [2.24, 2.45) is 0 Å². The van der Waals surface area contributed by atoms with E-state index >= 15 is 0 Å². The fourth-order valence-corrected chi connectivity index (χ4v) is 1.44. The molecule has 0 amide bonds. The summed E-state index contributed by atoms with van der Waals surface area (Å²) in [6.07, 6.45) is 1.87. The van der Waals surface area contributed by atoms with E-state index < -0.39 is 0 Å². The maximum atomic E-state index is 12.8. The molecule has 1 rings (SSSR count). The van der Waals surface area contributed by atoms with E-state index in [-0.39, 0.29) is 12.6 Å². The Bertz CT molecular complexity index is 278. The average Bonchev–Trinajstić information content (AvgIpc) is 2.16. The summed E-state index contributed by atoms with van der Waals surface area (Å²) in [6.45, 7) is 0.180. The minimum Gasteiger partial charge on any atom is -0.466 e. The molecule has 0 unspecified atom stereocenters. The maximum Gasteiger partial charge on any atom is 0.188 e. The molecular weight excluding hydrogens is 191 g/mol. The van der Waals surface area contributed by atoms with E-state index in [4.69, 9.17) is 9.47 Å². The van der Waals surface area contributed by atoms with Gasteiger partial charge in [-0.1, -0.05) is 0 Å². The standard InChI is InChI=1S/C9H11FO2S/c1-11-6-12-8-4-3-7(10)5-9(8)13-2/h3-5H,6H2,1-2H3. The summed E-state index contributed by atoms with van der Waals surface area (Å²) in [6, 6.07) is 4.40. The highest BCUT2D eigenvalue weighted by Crippen LogP contribution is 2.28. The van der Waals surface area contributed by atoms with E-state index in [9.17, 15) is 4.39 Å². The first-order chi connectivity index (χ1) is 6.27. The number of ether oxygens (including phenoxy) is 2. The van der Waals surface area contributed by atoms with Gasteiger partial charge in [0, 0.05) is 7.11 Å². The molecule has 0 spiro atoms. The van der Waals surface area contributed by atoms with Crippen LogP contribution in [0.25, 0.3) is 0 Å². The predicted molar refractivity (Wildman–Crippen MR) is 50.7 cm³/mol. The lowest BCUT2D eigenvalue weighted by Crippen LogP contribution is -1.99. The molecule has 0 aliphatic heterocycles. The number of hydrogen-bond acceptors (Lipinski definition) is 3. The van der Waals surface area contributed by atoms with Gasteiger partial charge in [0.05, 0.1) is 4.90 Å². The molecule has 0 aliphatic carbocycles. The fraction of sp³-hybridized carbons (Fsp3) is 0.333. The van der Waals surface area contributed by atoms with E-state index in [1.54, 1.807) is 13.2 Å². The number of hydrogen-bond donors (Lipinski definition) is 0. The molecular formula is C9H11FO2S. The molecule has 0 saturated heterocycles. The van der Waals surface area contributed by atoms with Crippen molar-refractivity contribution in [2.75, 3.05) is 20.2 Å². The molecule has 2 nitrogen and oxygen atoms in total. The van der Waals surface area contributed by atoms with Gasteiger partial charge in [0.1, 0.15) is 11.6 Å². The minimum atomic E-state index is -0.255. The molecule has 72 valence electrons. The molecule has 13 heavy (non-hydrogen) atoms. The van der Waals surface area contributed by atoms with Crippen molar-refractivity contribution in [2.45, 2.75) is 4.90 Å². The summed E-state index contributed by atoms with van der Waals surface area (Å²) in [4.78, 5) is 0.775. The second-order valence-corrected chi connectivity index (χ2v) is 3.19. The molecule has 1 aromatic carbocycles. The fourth-order valence-electron chi connectivity index (χ4n) is 0.883. The lowest BCUT2D eigenvalue weighted by molar-refractivity contribution is 0.0491. The van der Waals surface area contributed by atoms with E-state index in [2.05, 4.69) is 0 Å². The van der Waals surface area contributed by atoms with Gasteiger partial charge < -0.3 is 9.47 Å². The molecule has 0 atom stereocenters. The van der Waals surface area contributed by atoms with Gasteiger partial charge in [0.25, 0.3) is 0 Å². The monoisotopic (exact) mass is 202 g/mol. The Balaban J connectivity index is 2.79. The van der Waals surface area contributed by atoms with Crippen molar-refractivity contribution in [3.63, 3.8) is 0 Å². The summed E-state index contributed by atoms with van der Waals surface area (Å²) in [7, 11) is 1.54. The Labute approximate surface area is 81.0 Å². The Kier molecular flexibility index (Phi) is 4.05. The number of rotatable bonds is 4. The predicted octanol–water partition coefficient (Wildman–Crippen LogP) is 2.53. The molecule has 0 saturated carbocycles. The van der Waals surface area contributed by atoms with Gasteiger partial charge in [-0.2, -0.15) is 0 Å². The third kappa shape index (κ3) is 2.90. The molecule has 1 aromatic rings. The summed E-state index contributed by atoms with van der Waals surface area (Å²) in [5, 5.41) is 0. The molecule has 0 radical (unpaired) electrons. The number of methoxy groups -OCH3 is 1. The van der Waals surface area contributed by atoms with E-state index in [0.717, 1.165) is 4.90 Å². The van der Waals surface area contributed by atoms with Crippen LogP contribution in [0.15, 0.2) is 23.1 Å². The lowest BCUT2D eigenvalue weighted by atomic mass is 10.3. The van der Waals surface area contributed by atoms with E-state index in [1.165, 1.54) is 23.9 Å². The van der Waals surface area contributed by atoms with Crippen molar-refractivity contribution >= 4 is 11.8 Å². The zero-order chi connectivity index (χ0) is 9.68. The summed E-state index contributed by atoms with van der Waals surface area (Å²) >= 11 is 1.44. The van der Waals surface area contributed by atoms with Gasteiger partial charge in [-0.15, -0.1) is 11.8 Å². The molecule has 0 N–H and O–H groups in total. The largest absolute Gasteiger partial charge is 0.466 e. The summed E-state index contributed by atoms with van der Waals surface area (Å²) in [5.74, 6) is 0.393. The maximum absolute atomic E-state index is 12.8. The molecule has 4 heteroatoms. The SMILES string of the molecule is COCOc1ccc(F)cc1SC. The second-order valence-electron chi connectivity index (χ2n) is 2.35. The molecule has 0 aliphatic rings. The van der Waals surface area contributed by atoms with Crippen LogP contribution < -0.4 is 4.74 Å². The van der Waals surface area contributed by atoms with Gasteiger partial charge in [-0.05, 0) is 24.5 Å². The van der Waals surface area contributed by atoms with Crippen LogP contribution in [-0.4, -0.2) is 20.2 Å². The highest BCUT2D eigenvalue weighted by molar-refractivity contribution is 7.98. The smallest absolute Gasteiger partial charge is 0.188 e. The molecule has 0 aromatic heterocycles. The minimum absolute atomic E-state index is 0.180. The van der Waals surface area contributed by atoms with Gasteiger partial charge in [0.15, 0.2) is 6.79 Å². The first-order valence-corrected chi connectivity index (χ1v) is 4.95. The Morgan fingerprint density at radius 3 is 2.85 bits per heavy atom.